The minimum atomic E-state index is 0.490. The van der Waals surface area contributed by atoms with Crippen LogP contribution >= 0.6 is 22.9 Å². The van der Waals surface area contributed by atoms with E-state index in [-0.39, 0.29) is 0 Å². The topological polar surface area (TPSA) is 35.0 Å². The Morgan fingerprint density at radius 1 is 1.21 bits per heavy atom. The number of ether oxygens (including phenoxy) is 1. The van der Waals surface area contributed by atoms with Crippen molar-refractivity contribution in [1.29, 1.82) is 0 Å². The van der Waals surface area contributed by atoms with E-state index in [4.69, 9.17) is 16.3 Å². The smallest absolute Gasteiger partial charge is 0.166 e. The maximum atomic E-state index is 6.27. The lowest BCUT2D eigenvalue weighted by Gasteiger charge is -2.07. The number of hydrogen-bond acceptors (Lipinski definition) is 4. The molecule has 0 aliphatic heterocycles. The van der Waals surface area contributed by atoms with Gasteiger partial charge >= 0.3 is 0 Å². The Kier molecular flexibility index (Phi) is 3.12. The average molecular weight is 291 g/mol. The van der Waals surface area contributed by atoms with E-state index in [1.54, 1.807) is 18.4 Å². The number of thiophene rings is 1. The molecule has 0 radical (unpaired) electrons. The highest BCUT2D eigenvalue weighted by atomic mass is 35.5. The van der Waals surface area contributed by atoms with Crippen LogP contribution in [0.25, 0.3) is 21.6 Å². The fourth-order valence-corrected chi connectivity index (χ4v) is 3.28. The normalized spacial score (nSPS) is 10.9. The first-order valence-corrected chi connectivity index (χ1v) is 7.01. The van der Waals surface area contributed by atoms with Crippen LogP contribution in [-0.2, 0) is 0 Å². The van der Waals surface area contributed by atoms with Gasteiger partial charge in [-0.1, -0.05) is 23.7 Å². The second kappa shape index (κ2) is 4.79. The van der Waals surface area contributed by atoms with Gasteiger partial charge in [-0.15, -0.1) is 11.3 Å². The molecule has 0 bridgehead atoms. The zero-order valence-corrected chi connectivity index (χ0v) is 12.0. The Morgan fingerprint density at radius 3 is 2.79 bits per heavy atom. The van der Waals surface area contributed by atoms with Crippen LogP contribution in [0.1, 0.15) is 5.56 Å². The van der Waals surface area contributed by atoms with Crippen LogP contribution in [0.2, 0.25) is 5.15 Å². The van der Waals surface area contributed by atoms with Crippen LogP contribution in [-0.4, -0.2) is 17.1 Å². The molecule has 3 aromatic rings. The van der Waals surface area contributed by atoms with Crippen molar-refractivity contribution in [3.05, 3.63) is 40.4 Å². The molecule has 0 spiro atoms. The zero-order valence-electron chi connectivity index (χ0n) is 10.5. The molecule has 2 aromatic heterocycles. The zero-order chi connectivity index (χ0) is 13.4. The van der Waals surface area contributed by atoms with Gasteiger partial charge in [0.2, 0.25) is 0 Å². The summed E-state index contributed by atoms with van der Waals surface area (Å²) in [6.45, 7) is 2.01. The maximum absolute atomic E-state index is 6.27. The highest BCUT2D eigenvalue weighted by molar-refractivity contribution is 7.17. The average Bonchev–Trinajstić information content (AvgIpc) is 2.80. The van der Waals surface area contributed by atoms with Crippen molar-refractivity contribution in [3.8, 4) is 17.1 Å². The van der Waals surface area contributed by atoms with Crippen molar-refractivity contribution >= 4 is 33.2 Å². The summed E-state index contributed by atoms with van der Waals surface area (Å²) in [6, 6.07) is 7.66. The van der Waals surface area contributed by atoms with Gasteiger partial charge in [0.25, 0.3) is 0 Å². The maximum Gasteiger partial charge on any atom is 0.166 e. The monoisotopic (exact) mass is 290 g/mol. The number of para-hydroxylation sites is 1. The van der Waals surface area contributed by atoms with Crippen LogP contribution < -0.4 is 4.74 Å². The quantitative estimate of drug-likeness (QED) is 0.659. The fraction of sp³-hybridized carbons (Fsp3) is 0.143. The third kappa shape index (κ3) is 2.07. The molecule has 3 rings (SSSR count). The first kappa shape index (κ1) is 12.4. The molecule has 0 aliphatic rings. The third-order valence-corrected chi connectivity index (χ3v) is 4.18. The van der Waals surface area contributed by atoms with Gasteiger partial charge in [0.05, 0.1) is 18.1 Å². The van der Waals surface area contributed by atoms with Gasteiger partial charge in [0.15, 0.2) is 5.82 Å². The molecule has 0 saturated heterocycles. The summed E-state index contributed by atoms with van der Waals surface area (Å²) in [4.78, 5) is 9.87. The molecular weight excluding hydrogens is 280 g/mol. The predicted molar refractivity (Wildman–Crippen MR) is 79.2 cm³/mol. The summed E-state index contributed by atoms with van der Waals surface area (Å²) in [5.41, 5.74) is 1.96. The number of fused-ring (bicyclic) bond motifs is 1. The van der Waals surface area contributed by atoms with Crippen LogP contribution in [0.15, 0.2) is 29.6 Å². The highest BCUT2D eigenvalue weighted by Gasteiger charge is 2.14. The van der Waals surface area contributed by atoms with Gasteiger partial charge in [0.1, 0.15) is 15.7 Å². The molecule has 0 amide bonds. The number of rotatable bonds is 2. The van der Waals surface area contributed by atoms with E-state index in [2.05, 4.69) is 9.97 Å². The third-order valence-electron chi connectivity index (χ3n) is 2.92. The largest absolute Gasteiger partial charge is 0.496 e. The first-order chi connectivity index (χ1) is 9.20. The minimum absolute atomic E-state index is 0.490. The van der Waals surface area contributed by atoms with E-state index in [9.17, 15) is 0 Å². The van der Waals surface area contributed by atoms with Crippen molar-refractivity contribution < 1.29 is 4.74 Å². The summed E-state index contributed by atoms with van der Waals surface area (Å²) in [7, 11) is 1.63. The SMILES string of the molecule is COc1ccccc1-c1nc(Cl)c2c(C)csc2n1. The number of nitrogens with zero attached hydrogens (tertiary/aromatic N) is 2. The molecule has 5 heteroatoms. The van der Waals surface area contributed by atoms with Crippen LogP contribution in [0.4, 0.5) is 0 Å². The summed E-state index contributed by atoms with van der Waals surface area (Å²) in [5.74, 6) is 1.34. The Hall–Kier alpha value is -1.65. The molecular formula is C14H11ClN2OS. The summed E-state index contributed by atoms with van der Waals surface area (Å²) in [5, 5.41) is 3.46. The van der Waals surface area contributed by atoms with E-state index in [0.29, 0.717) is 11.0 Å². The molecule has 0 fully saturated rings. The molecule has 96 valence electrons. The summed E-state index contributed by atoms with van der Waals surface area (Å²) < 4.78 is 5.34. The Bertz CT molecular complexity index is 754. The Morgan fingerprint density at radius 2 is 2.00 bits per heavy atom. The van der Waals surface area contributed by atoms with E-state index < -0.39 is 0 Å². The number of hydrogen-bond donors (Lipinski definition) is 0. The molecule has 0 unspecified atom stereocenters. The molecule has 19 heavy (non-hydrogen) atoms. The second-order valence-corrected chi connectivity index (χ2v) is 5.35. The number of halogens is 1. The lowest BCUT2D eigenvalue weighted by Crippen LogP contribution is -1.93. The van der Waals surface area contributed by atoms with E-state index in [0.717, 1.165) is 27.1 Å². The van der Waals surface area contributed by atoms with E-state index in [1.807, 2.05) is 36.6 Å². The number of aryl methyl sites for hydroxylation is 1. The first-order valence-electron chi connectivity index (χ1n) is 5.75. The van der Waals surface area contributed by atoms with Gasteiger partial charge in [-0.25, -0.2) is 9.97 Å². The fourth-order valence-electron chi connectivity index (χ4n) is 1.98. The van der Waals surface area contributed by atoms with Gasteiger partial charge in [-0.2, -0.15) is 0 Å². The molecule has 2 heterocycles. The Balaban J connectivity index is 2.26. The standard InChI is InChI=1S/C14H11ClN2OS/c1-8-7-19-14-11(8)12(15)16-13(17-14)9-5-3-4-6-10(9)18-2/h3-7H,1-2H3. The Labute approximate surface area is 119 Å². The summed E-state index contributed by atoms with van der Waals surface area (Å²) in [6.07, 6.45) is 0. The number of benzene rings is 1. The van der Waals surface area contributed by atoms with Crippen LogP contribution in [0, 0.1) is 6.92 Å². The molecule has 0 atom stereocenters. The van der Waals surface area contributed by atoms with Gasteiger partial charge in [0, 0.05) is 0 Å². The van der Waals surface area contributed by atoms with Crippen LogP contribution in [0.3, 0.4) is 0 Å². The predicted octanol–water partition coefficient (Wildman–Crippen LogP) is 4.33. The minimum Gasteiger partial charge on any atom is -0.496 e. The van der Waals surface area contributed by atoms with Crippen LogP contribution in [0.5, 0.6) is 5.75 Å². The second-order valence-electron chi connectivity index (χ2n) is 4.14. The molecule has 0 aliphatic carbocycles. The highest BCUT2D eigenvalue weighted by Crippen LogP contribution is 2.33. The van der Waals surface area contributed by atoms with Gasteiger partial charge in [-0.05, 0) is 30.0 Å². The molecule has 3 nitrogen and oxygen atoms in total. The van der Waals surface area contributed by atoms with Gasteiger partial charge < -0.3 is 4.74 Å². The molecule has 0 saturated carbocycles. The van der Waals surface area contributed by atoms with Crippen molar-refractivity contribution in [2.24, 2.45) is 0 Å². The lowest BCUT2D eigenvalue weighted by atomic mass is 10.2. The van der Waals surface area contributed by atoms with Crippen molar-refractivity contribution in [2.45, 2.75) is 6.92 Å². The van der Waals surface area contributed by atoms with Gasteiger partial charge in [-0.3, -0.25) is 0 Å². The van der Waals surface area contributed by atoms with E-state index >= 15 is 0 Å². The lowest BCUT2D eigenvalue weighted by molar-refractivity contribution is 0.416. The number of aromatic nitrogens is 2. The van der Waals surface area contributed by atoms with Crippen molar-refractivity contribution in [3.63, 3.8) is 0 Å². The van der Waals surface area contributed by atoms with Crippen molar-refractivity contribution in [1.82, 2.24) is 9.97 Å². The molecule has 1 aromatic carbocycles. The van der Waals surface area contributed by atoms with Crippen molar-refractivity contribution in [2.75, 3.05) is 7.11 Å². The number of methoxy groups -OCH3 is 1. The van der Waals surface area contributed by atoms with E-state index in [1.165, 1.54) is 0 Å². The molecule has 0 N–H and O–H groups in total. The summed E-state index contributed by atoms with van der Waals surface area (Å²) >= 11 is 7.84.